The van der Waals surface area contributed by atoms with Gasteiger partial charge in [0.25, 0.3) is 5.91 Å². The molecule has 0 fully saturated rings. The smallest absolute Gasteiger partial charge is 0.252 e. The minimum absolute atomic E-state index is 0.0584. The fraction of sp³-hybridized carbons (Fsp3) is 0.444. The Labute approximate surface area is 146 Å². The van der Waals surface area contributed by atoms with Gasteiger partial charge in [-0.1, -0.05) is 0 Å². The molecule has 0 bridgehead atoms. The monoisotopic (exact) mass is 338 g/mol. The van der Waals surface area contributed by atoms with Crippen LogP contribution in [-0.2, 0) is 20.0 Å². The zero-order valence-electron chi connectivity index (χ0n) is 15.0. The summed E-state index contributed by atoms with van der Waals surface area (Å²) in [5.74, 6) is 1.05. The third-order valence-corrected chi connectivity index (χ3v) is 4.79. The summed E-state index contributed by atoms with van der Waals surface area (Å²) in [6, 6.07) is 1.95. The zero-order valence-corrected chi connectivity index (χ0v) is 15.0. The number of imidazole rings is 1. The van der Waals surface area contributed by atoms with Crippen molar-refractivity contribution < 1.29 is 4.79 Å². The van der Waals surface area contributed by atoms with Crippen molar-refractivity contribution in [1.82, 2.24) is 29.6 Å². The number of fused-ring (bicyclic) bond motifs is 2. The average Bonchev–Trinajstić information content (AvgIpc) is 3.05. The molecule has 3 aromatic rings. The Morgan fingerprint density at radius 2 is 2.04 bits per heavy atom. The Kier molecular flexibility index (Phi) is 3.59. The van der Waals surface area contributed by atoms with E-state index in [0.717, 1.165) is 53.3 Å². The lowest BCUT2D eigenvalue weighted by Gasteiger charge is -2.25. The molecule has 0 radical (unpaired) electrons. The van der Waals surface area contributed by atoms with Gasteiger partial charge >= 0.3 is 0 Å². The van der Waals surface area contributed by atoms with E-state index in [-0.39, 0.29) is 11.9 Å². The van der Waals surface area contributed by atoms with Crippen LogP contribution in [0.15, 0.2) is 12.3 Å². The van der Waals surface area contributed by atoms with Crippen LogP contribution in [0.4, 0.5) is 0 Å². The van der Waals surface area contributed by atoms with Gasteiger partial charge in [-0.05, 0) is 33.3 Å². The molecule has 1 atom stereocenters. The minimum atomic E-state index is -0.0584. The van der Waals surface area contributed by atoms with E-state index in [9.17, 15) is 4.79 Å². The maximum Gasteiger partial charge on any atom is 0.252 e. The van der Waals surface area contributed by atoms with E-state index < -0.39 is 0 Å². The maximum absolute atomic E-state index is 13.0. The highest BCUT2D eigenvalue weighted by atomic mass is 16.1. The number of carbonyl (C=O) groups excluding carboxylic acids is 1. The van der Waals surface area contributed by atoms with Crippen molar-refractivity contribution in [1.29, 1.82) is 0 Å². The third kappa shape index (κ3) is 2.69. The summed E-state index contributed by atoms with van der Waals surface area (Å²) < 4.78 is 3.88. The van der Waals surface area contributed by atoms with E-state index in [2.05, 4.69) is 25.0 Å². The van der Waals surface area contributed by atoms with Crippen LogP contribution in [0.3, 0.4) is 0 Å². The van der Waals surface area contributed by atoms with Crippen LogP contribution in [0.25, 0.3) is 11.0 Å². The first-order valence-corrected chi connectivity index (χ1v) is 8.57. The van der Waals surface area contributed by atoms with E-state index in [1.165, 1.54) is 0 Å². The first kappa shape index (κ1) is 15.8. The largest absolute Gasteiger partial charge is 0.347 e. The van der Waals surface area contributed by atoms with Crippen molar-refractivity contribution in [2.45, 2.75) is 46.2 Å². The summed E-state index contributed by atoms with van der Waals surface area (Å²) >= 11 is 0. The van der Waals surface area contributed by atoms with Crippen LogP contribution in [0.5, 0.6) is 0 Å². The number of hydrogen-bond donors (Lipinski definition) is 1. The lowest BCUT2D eigenvalue weighted by molar-refractivity contribution is 0.0929. The van der Waals surface area contributed by atoms with Gasteiger partial charge in [0.2, 0.25) is 0 Å². The molecule has 4 rings (SSSR count). The molecule has 0 aromatic carbocycles. The topological polar surface area (TPSA) is 77.6 Å². The Bertz CT molecular complexity index is 983. The molecular formula is C18H22N6O. The first-order valence-electron chi connectivity index (χ1n) is 8.57. The molecule has 4 heterocycles. The summed E-state index contributed by atoms with van der Waals surface area (Å²) in [5.41, 5.74) is 4.07. The van der Waals surface area contributed by atoms with Crippen LogP contribution >= 0.6 is 0 Å². The highest BCUT2D eigenvalue weighted by Gasteiger charge is 2.24. The van der Waals surface area contributed by atoms with Gasteiger partial charge in [0, 0.05) is 37.9 Å². The normalized spacial score (nSPS) is 16.9. The van der Waals surface area contributed by atoms with E-state index in [0.29, 0.717) is 5.56 Å². The molecule has 1 aliphatic heterocycles. The Balaban J connectivity index is 1.63. The van der Waals surface area contributed by atoms with E-state index in [1.807, 2.05) is 40.1 Å². The maximum atomic E-state index is 13.0. The molecule has 1 amide bonds. The van der Waals surface area contributed by atoms with Crippen molar-refractivity contribution in [3.63, 3.8) is 0 Å². The standard InChI is InChI=1S/C18H22N6O/c1-10-7-14(16-12(3)22-23(4)17(16)20-10)18(25)21-13-5-6-15-19-11(2)8-24(15)9-13/h7-8,13H,5-6,9H2,1-4H3,(H,21,25)/t13-/m0/s1. The van der Waals surface area contributed by atoms with E-state index in [1.54, 1.807) is 4.68 Å². The van der Waals surface area contributed by atoms with Crippen molar-refractivity contribution in [2.75, 3.05) is 0 Å². The van der Waals surface area contributed by atoms with Crippen LogP contribution in [0.2, 0.25) is 0 Å². The summed E-state index contributed by atoms with van der Waals surface area (Å²) in [6.45, 7) is 6.58. The molecule has 130 valence electrons. The molecule has 7 nitrogen and oxygen atoms in total. The van der Waals surface area contributed by atoms with Crippen LogP contribution < -0.4 is 5.32 Å². The number of nitrogens with zero attached hydrogens (tertiary/aromatic N) is 5. The van der Waals surface area contributed by atoms with Gasteiger partial charge in [0.15, 0.2) is 5.65 Å². The number of pyridine rings is 1. The van der Waals surface area contributed by atoms with E-state index in [4.69, 9.17) is 0 Å². The highest BCUT2D eigenvalue weighted by Crippen LogP contribution is 2.22. The van der Waals surface area contributed by atoms with Crippen molar-refractivity contribution >= 4 is 16.9 Å². The molecule has 0 aliphatic carbocycles. The molecule has 0 spiro atoms. The van der Waals surface area contributed by atoms with E-state index >= 15 is 0 Å². The number of rotatable bonds is 2. The lowest BCUT2D eigenvalue weighted by Crippen LogP contribution is -2.41. The molecule has 1 N–H and O–H groups in total. The van der Waals surface area contributed by atoms with Crippen LogP contribution in [0.1, 0.15) is 39.7 Å². The molecule has 0 saturated heterocycles. The summed E-state index contributed by atoms with van der Waals surface area (Å²) in [7, 11) is 1.85. The fourth-order valence-corrected chi connectivity index (χ4v) is 3.72. The van der Waals surface area contributed by atoms with Gasteiger partial charge in [-0.2, -0.15) is 5.10 Å². The van der Waals surface area contributed by atoms with Crippen molar-refractivity contribution in [3.05, 3.63) is 40.7 Å². The molecule has 3 aromatic heterocycles. The van der Waals surface area contributed by atoms with Gasteiger partial charge in [-0.15, -0.1) is 0 Å². The molecule has 25 heavy (non-hydrogen) atoms. The quantitative estimate of drug-likeness (QED) is 0.773. The second-order valence-corrected chi connectivity index (χ2v) is 6.88. The average molecular weight is 338 g/mol. The second kappa shape index (κ2) is 5.68. The number of nitrogens with one attached hydrogen (secondary N) is 1. The Hall–Kier alpha value is -2.70. The Morgan fingerprint density at radius 1 is 1.24 bits per heavy atom. The number of carbonyl (C=O) groups is 1. The van der Waals surface area contributed by atoms with Crippen molar-refractivity contribution in [3.8, 4) is 0 Å². The number of hydrogen-bond acceptors (Lipinski definition) is 4. The lowest BCUT2D eigenvalue weighted by atomic mass is 10.0. The predicted octanol–water partition coefficient (Wildman–Crippen LogP) is 1.83. The SMILES string of the molecule is Cc1cn2c(n1)CC[C@H](NC(=O)c1cc(C)nc3c1c(C)nn3C)C2. The van der Waals surface area contributed by atoms with Crippen molar-refractivity contribution in [2.24, 2.45) is 7.05 Å². The first-order chi connectivity index (χ1) is 11.9. The summed E-state index contributed by atoms with van der Waals surface area (Å²) in [5, 5.41) is 8.44. The fourth-order valence-electron chi connectivity index (χ4n) is 3.72. The molecule has 0 saturated carbocycles. The van der Waals surface area contributed by atoms with Crippen LogP contribution in [-0.4, -0.2) is 36.3 Å². The number of aromatic nitrogens is 5. The second-order valence-electron chi connectivity index (χ2n) is 6.88. The molecule has 0 unspecified atom stereocenters. The molecule has 1 aliphatic rings. The number of aryl methyl sites for hydroxylation is 5. The third-order valence-electron chi connectivity index (χ3n) is 4.79. The van der Waals surface area contributed by atoms with Gasteiger partial charge in [0.05, 0.1) is 22.3 Å². The predicted molar refractivity (Wildman–Crippen MR) is 94.5 cm³/mol. The van der Waals surface area contributed by atoms with Gasteiger partial charge in [-0.25, -0.2) is 9.97 Å². The summed E-state index contributed by atoms with van der Waals surface area (Å²) in [6.07, 6.45) is 3.84. The van der Waals surface area contributed by atoms with Gasteiger partial charge in [0.1, 0.15) is 5.82 Å². The number of amides is 1. The van der Waals surface area contributed by atoms with Gasteiger partial charge in [-0.3, -0.25) is 9.48 Å². The van der Waals surface area contributed by atoms with Gasteiger partial charge < -0.3 is 9.88 Å². The molecular weight excluding hydrogens is 316 g/mol. The zero-order chi connectivity index (χ0) is 17.7. The minimum Gasteiger partial charge on any atom is -0.347 e. The molecule has 7 heteroatoms. The Morgan fingerprint density at radius 3 is 2.84 bits per heavy atom. The summed E-state index contributed by atoms with van der Waals surface area (Å²) in [4.78, 5) is 22.0. The highest BCUT2D eigenvalue weighted by molar-refractivity contribution is 6.06. The van der Waals surface area contributed by atoms with Crippen LogP contribution in [0, 0.1) is 20.8 Å².